The molecule has 1 aliphatic heterocycles. The molecule has 7 heteroatoms. The van der Waals surface area contributed by atoms with E-state index in [1.807, 2.05) is 37.3 Å². The number of aryl methyl sites for hydroxylation is 1. The third-order valence-corrected chi connectivity index (χ3v) is 5.20. The van der Waals surface area contributed by atoms with Gasteiger partial charge >= 0.3 is 0 Å². The third kappa shape index (κ3) is 3.18. The van der Waals surface area contributed by atoms with Gasteiger partial charge in [0.15, 0.2) is 0 Å². The van der Waals surface area contributed by atoms with Crippen molar-refractivity contribution in [2.75, 3.05) is 7.11 Å². The van der Waals surface area contributed by atoms with Gasteiger partial charge in [-0.3, -0.25) is 9.78 Å². The molecule has 1 atom stereocenters. The molecular formula is C23H20N4O3. The molecule has 3 aromatic rings. The largest absolute Gasteiger partial charge is 0.496 e. The molecule has 2 N–H and O–H groups in total. The van der Waals surface area contributed by atoms with Crippen LogP contribution in [0.25, 0.3) is 0 Å². The van der Waals surface area contributed by atoms with E-state index < -0.39 is 5.92 Å². The SMILES string of the molecule is COc1ccccc1[C@H]1C(C#N)=C(N)Oc2cc(C)n(Cc3cccnc3)c(=O)c21. The first-order chi connectivity index (χ1) is 14.5. The molecular weight excluding hydrogens is 380 g/mol. The number of allylic oxidation sites excluding steroid dienone is 1. The van der Waals surface area contributed by atoms with E-state index in [4.69, 9.17) is 15.2 Å². The summed E-state index contributed by atoms with van der Waals surface area (Å²) in [5.41, 5.74) is 8.65. The molecule has 0 spiro atoms. The summed E-state index contributed by atoms with van der Waals surface area (Å²) in [6.07, 6.45) is 3.41. The van der Waals surface area contributed by atoms with Gasteiger partial charge in [-0.05, 0) is 24.6 Å². The Morgan fingerprint density at radius 3 is 2.80 bits per heavy atom. The Balaban J connectivity index is 1.96. The van der Waals surface area contributed by atoms with Crippen molar-refractivity contribution in [1.82, 2.24) is 9.55 Å². The maximum Gasteiger partial charge on any atom is 0.259 e. The molecule has 4 rings (SSSR count). The summed E-state index contributed by atoms with van der Waals surface area (Å²) in [6, 6.07) is 14.9. The zero-order valence-electron chi connectivity index (χ0n) is 16.6. The number of ether oxygens (including phenoxy) is 2. The minimum Gasteiger partial charge on any atom is -0.496 e. The number of methoxy groups -OCH3 is 1. The Morgan fingerprint density at radius 1 is 1.30 bits per heavy atom. The van der Waals surface area contributed by atoms with Gasteiger partial charge in [-0.15, -0.1) is 0 Å². The van der Waals surface area contributed by atoms with Crippen LogP contribution in [0.15, 0.2) is 71.1 Å². The van der Waals surface area contributed by atoms with Gasteiger partial charge in [-0.2, -0.15) is 5.26 Å². The van der Waals surface area contributed by atoms with E-state index in [0.29, 0.717) is 29.2 Å². The van der Waals surface area contributed by atoms with Crippen molar-refractivity contribution in [3.63, 3.8) is 0 Å². The molecule has 1 aliphatic rings. The summed E-state index contributed by atoms with van der Waals surface area (Å²) in [7, 11) is 1.55. The number of fused-ring (bicyclic) bond motifs is 1. The van der Waals surface area contributed by atoms with Crippen molar-refractivity contribution < 1.29 is 9.47 Å². The fourth-order valence-corrected chi connectivity index (χ4v) is 3.77. The minimum atomic E-state index is -0.692. The Morgan fingerprint density at radius 2 is 2.10 bits per heavy atom. The third-order valence-electron chi connectivity index (χ3n) is 5.20. The smallest absolute Gasteiger partial charge is 0.259 e. The summed E-state index contributed by atoms with van der Waals surface area (Å²) >= 11 is 0. The maximum absolute atomic E-state index is 13.6. The maximum atomic E-state index is 13.6. The Kier molecular flexibility index (Phi) is 4.98. The van der Waals surface area contributed by atoms with Crippen LogP contribution in [-0.2, 0) is 6.54 Å². The summed E-state index contributed by atoms with van der Waals surface area (Å²) in [4.78, 5) is 17.8. The van der Waals surface area contributed by atoms with Gasteiger partial charge in [-0.1, -0.05) is 24.3 Å². The Labute approximate surface area is 173 Å². The first kappa shape index (κ1) is 19.3. The second-order valence-electron chi connectivity index (χ2n) is 6.98. The van der Waals surface area contributed by atoms with E-state index in [0.717, 1.165) is 11.3 Å². The van der Waals surface area contributed by atoms with Crippen LogP contribution in [0.4, 0.5) is 0 Å². The minimum absolute atomic E-state index is 0.00952. The van der Waals surface area contributed by atoms with E-state index in [-0.39, 0.29) is 17.0 Å². The van der Waals surface area contributed by atoms with Crippen LogP contribution < -0.4 is 20.8 Å². The molecule has 0 unspecified atom stereocenters. The van der Waals surface area contributed by atoms with Crippen LogP contribution in [0.1, 0.15) is 28.3 Å². The summed E-state index contributed by atoms with van der Waals surface area (Å²) in [5.74, 6) is 0.217. The molecule has 150 valence electrons. The highest BCUT2D eigenvalue weighted by Crippen LogP contribution is 2.43. The van der Waals surface area contributed by atoms with Gasteiger partial charge in [0.25, 0.3) is 5.56 Å². The lowest BCUT2D eigenvalue weighted by atomic mass is 9.83. The van der Waals surface area contributed by atoms with Gasteiger partial charge in [0.2, 0.25) is 5.88 Å². The summed E-state index contributed by atoms with van der Waals surface area (Å²) in [6.45, 7) is 2.19. The van der Waals surface area contributed by atoms with Gasteiger partial charge in [-0.25, -0.2) is 0 Å². The van der Waals surface area contributed by atoms with Crippen LogP contribution in [0.3, 0.4) is 0 Å². The topological polar surface area (TPSA) is 103 Å². The zero-order valence-corrected chi connectivity index (χ0v) is 16.6. The van der Waals surface area contributed by atoms with Crippen LogP contribution in [-0.4, -0.2) is 16.7 Å². The number of nitrogens with zero attached hydrogens (tertiary/aromatic N) is 3. The first-order valence-electron chi connectivity index (χ1n) is 9.39. The summed E-state index contributed by atoms with van der Waals surface area (Å²) < 4.78 is 12.8. The molecule has 0 saturated carbocycles. The zero-order chi connectivity index (χ0) is 21.3. The van der Waals surface area contributed by atoms with Crippen molar-refractivity contribution >= 4 is 0 Å². The first-order valence-corrected chi connectivity index (χ1v) is 9.39. The van der Waals surface area contributed by atoms with E-state index in [9.17, 15) is 10.1 Å². The lowest BCUT2D eigenvalue weighted by molar-refractivity contribution is 0.383. The van der Waals surface area contributed by atoms with Crippen molar-refractivity contribution in [3.8, 4) is 17.6 Å². The average molecular weight is 400 g/mol. The lowest BCUT2D eigenvalue weighted by Gasteiger charge is -2.28. The molecule has 3 heterocycles. The molecule has 0 radical (unpaired) electrons. The van der Waals surface area contributed by atoms with Crippen LogP contribution >= 0.6 is 0 Å². The van der Waals surface area contributed by atoms with Crippen LogP contribution in [0, 0.1) is 18.3 Å². The van der Waals surface area contributed by atoms with Crippen molar-refractivity contribution in [2.45, 2.75) is 19.4 Å². The molecule has 0 aliphatic carbocycles. The van der Waals surface area contributed by atoms with Gasteiger partial charge in [0, 0.05) is 29.7 Å². The van der Waals surface area contributed by atoms with Crippen LogP contribution in [0.2, 0.25) is 0 Å². The van der Waals surface area contributed by atoms with Gasteiger partial charge in [0.05, 0.1) is 25.1 Å². The average Bonchev–Trinajstić information content (AvgIpc) is 2.76. The number of nitriles is 1. The van der Waals surface area contributed by atoms with Gasteiger partial charge in [0.1, 0.15) is 23.1 Å². The standard InChI is InChI=1S/C23H20N4O3/c1-14-10-19-21(23(28)27(14)13-15-6-5-9-26-12-15)20(17(11-24)22(25)30-19)16-7-3-4-8-18(16)29-2/h3-10,12,20H,13,25H2,1-2H3/t20-/m0/s1. The Bertz CT molecular complexity index is 1240. The molecule has 30 heavy (non-hydrogen) atoms. The van der Waals surface area contributed by atoms with E-state index in [2.05, 4.69) is 11.1 Å². The number of benzene rings is 1. The fraction of sp³-hybridized carbons (Fsp3) is 0.174. The quantitative estimate of drug-likeness (QED) is 0.722. The number of aromatic nitrogens is 2. The Hall–Kier alpha value is -4.05. The molecule has 0 fully saturated rings. The van der Waals surface area contributed by atoms with Crippen molar-refractivity contribution in [2.24, 2.45) is 5.73 Å². The normalized spacial score (nSPS) is 15.2. The number of hydrogen-bond acceptors (Lipinski definition) is 6. The molecule has 2 aromatic heterocycles. The number of pyridine rings is 2. The van der Waals surface area contributed by atoms with E-state index >= 15 is 0 Å². The van der Waals surface area contributed by atoms with E-state index in [1.165, 1.54) is 0 Å². The monoisotopic (exact) mass is 400 g/mol. The molecule has 0 amide bonds. The predicted molar refractivity (Wildman–Crippen MR) is 111 cm³/mol. The molecule has 0 bridgehead atoms. The second-order valence-corrected chi connectivity index (χ2v) is 6.98. The lowest BCUT2D eigenvalue weighted by Crippen LogP contribution is -2.33. The summed E-state index contributed by atoms with van der Waals surface area (Å²) in [5, 5.41) is 9.81. The number of hydrogen-bond donors (Lipinski definition) is 1. The highest BCUT2D eigenvalue weighted by molar-refractivity contribution is 5.58. The molecule has 7 nitrogen and oxygen atoms in total. The number of nitrogens with two attached hydrogens (primary N) is 1. The number of para-hydroxylation sites is 1. The number of rotatable bonds is 4. The highest BCUT2D eigenvalue weighted by Gasteiger charge is 2.35. The molecule has 1 aromatic carbocycles. The van der Waals surface area contributed by atoms with E-state index in [1.54, 1.807) is 36.2 Å². The predicted octanol–water partition coefficient (Wildman–Crippen LogP) is 2.83. The highest BCUT2D eigenvalue weighted by atomic mass is 16.5. The van der Waals surface area contributed by atoms with Crippen molar-refractivity contribution in [1.29, 1.82) is 5.26 Å². The second kappa shape index (κ2) is 7.76. The van der Waals surface area contributed by atoms with Crippen molar-refractivity contribution in [3.05, 3.63) is 99.1 Å². The molecule has 0 saturated heterocycles. The van der Waals surface area contributed by atoms with Crippen LogP contribution in [0.5, 0.6) is 11.5 Å². The van der Waals surface area contributed by atoms with Gasteiger partial charge < -0.3 is 19.8 Å². The fourth-order valence-electron chi connectivity index (χ4n) is 3.77.